The highest BCUT2D eigenvalue weighted by Gasteiger charge is 2.43. The Morgan fingerprint density at radius 2 is 0.887 bits per heavy atom. The van der Waals surface area contributed by atoms with Crippen LogP contribution in [0.25, 0.3) is 32.3 Å². The molecule has 3 aromatic carbocycles. The molecule has 430 valence electrons. The molecule has 20 nitrogen and oxygen atoms in total. The second-order valence-corrected chi connectivity index (χ2v) is 23.2. The van der Waals surface area contributed by atoms with Crippen LogP contribution >= 0.6 is 15.9 Å². The third-order valence-electron chi connectivity index (χ3n) is 12.1. The van der Waals surface area contributed by atoms with Gasteiger partial charge < -0.3 is 39.4 Å². The number of ether oxygens (including phenoxy) is 4. The van der Waals surface area contributed by atoms with Crippen LogP contribution in [0.4, 0.5) is 14.4 Å². The van der Waals surface area contributed by atoms with Gasteiger partial charge in [-0.05, 0) is 97.5 Å². The summed E-state index contributed by atoms with van der Waals surface area (Å²) in [5, 5.41) is 43.1. The number of amides is 3. The molecule has 1 unspecified atom stereocenters. The summed E-state index contributed by atoms with van der Waals surface area (Å²) in [6.45, 7) is 19.2. The van der Waals surface area contributed by atoms with E-state index >= 15 is 0 Å². The summed E-state index contributed by atoms with van der Waals surface area (Å²) in [7, 11) is 0. The van der Waals surface area contributed by atoms with E-state index in [4.69, 9.17) is 24.1 Å². The Kier molecular flexibility index (Phi) is 21.8. The maximum atomic E-state index is 12.5. The first-order chi connectivity index (χ1) is 37.4. The van der Waals surface area contributed by atoms with Gasteiger partial charge in [-0.1, -0.05) is 72.8 Å². The van der Waals surface area contributed by atoms with Crippen molar-refractivity contribution in [3.63, 3.8) is 0 Å². The largest absolute Gasteiger partial charge is 0.506 e. The number of aliphatic hydroxyl groups excluding tert-OH is 2. The first-order valence-corrected chi connectivity index (χ1v) is 26.8. The molecule has 21 heteroatoms. The van der Waals surface area contributed by atoms with Gasteiger partial charge in [-0.25, -0.2) is 19.2 Å². The monoisotopic (exact) mass is 1170 g/mol. The van der Waals surface area contributed by atoms with Crippen LogP contribution in [0.2, 0.25) is 0 Å². The molecular weight excluding hydrogens is 1100 g/mol. The number of aliphatic carboxylic acids is 1. The second-order valence-electron chi connectivity index (χ2n) is 22.3. The number of pyridine rings is 3. The topological polar surface area (TPSA) is 269 Å². The number of hydrogen-bond acceptors (Lipinski definition) is 16. The number of nitrogens with zero attached hydrogens (tertiary/aromatic N) is 6. The first kappa shape index (κ1) is 63.3. The molecule has 0 bridgehead atoms. The highest BCUT2D eigenvalue weighted by Crippen LogP contribution is 2.31. The van der Waals surface area contributed by atoms with Gasteiger partial charge in [0, 0.05) is 75.5 Å². The zero-order valence-corrected chi connectivity index (χ0v) is 48.6. The number of fused-ring (bicyclic) bond motifs is 3. The summed E-state index contributed by atoms with van der Waals surface area (Å²) in [5.41, 5.74) is -1.88. The highest BCUT2D eigenvalue weighted by molar-refractivity contribution is 9.10. The number of halogens is 1. The van der Waals surface area contributed by atoms with Crippen molar-refractivity contribution >= 4 is 84.1 Å². The molecular formula is C59H73BrN6O14. The number of hydrogen-bond donors (Lipinski definition) is 4. The normalized spacial score (nSPS) is 19.6. The third kappa shape index (κ3) is 18.8. The molecule has 3 aliphatic heterocycles. The Morgan fingerprint density at radius 3 is 1.34 bits per heavy atom. The number of aromatic hydroxyl groups is 1. The van der Waals surface area contributed by atoms with Crippen LogP contribution in [0.3, 0.4) is 0 Å². The molecule has 9 rings (SSSR count). The minimum absolute atomic E-state index is 0.00583. The lowest BCUT2D eigenvalue weighted by atomic mass is 10.1. The minimum Gasteiger partial charge on any atom is -0.506 e. The van der Waals surface area contributed by atoms with Crippen molar-refractivity contribution in [1.82, 2.24) is 29.7 Å². The van der Waals surface area contributed by atoms with Crippen molar-refractivity contribution in [2.75, 3.05) is 19.6 Å². The number of aromatic nitrogens is 3. The van der Waals surface area contributed by atoms with E-state index in [1.54, 1.807) is 80.9 Å². The van der Waals surface area contributed by atoms with Crippen molar-refractivity contribution in [3.05, 3.63) is 114 Å². The number of β-amino-alcohol motifs (C(OH)–C–C–N with tert-alkyl or cyclic N) is 2. The zero-order chi connectivity index (χ0) is 59.3. The van der Waals surface area contributed by atoms with Crippen LogP contribution in [0.15, 0.2) is 114 Å². The molecule has 0 saturated carbocycles. The predicted molar refractivity (Wildman–Crippen MR) is 304 cm³/mol. The molecule has 80 heavy (non-hydrogen) atoms. The first-order valence-electron chi connectivity index (χ1n) is 26.0. The molecule has 3 amide bonds. The third-order valence-corrected chi connectivity index (χ3v) is 12.8. The summed E-state index contributed by atoms with van der Waals surface area (Å²) in [6.07, 6.45) is 7.64. The molecule has 4 N–H and O–H groups in total. The van der Waals surface area contributed by atoms with Crippen LogP contribution in [0.5, 0.6) is 11.5 Å². The molecule has 3 aromatic heterocycles. The lowest BCUT2D eigenvalue weighted by Crippen LogP contribution is -2.43. The zero-order valence-electron chi connectivity index (χ0n) is 47.0. The lowest BCUT2D eigenvalue weighted by molar-refractivity contribution is -0.142. The highest BCUT2D eigenvalue weighted by atomic mass is 79.9. The maximum absolute atomic E-state index is 12.5. The number of Topliss-reactive ketones (excluding diaryl/α,β-unsaturated/α-hetero) is 2. The van der Waals surface area contributed by atoms with Gasteiger partial charge in [0.25, 0.3) is 0 Å². The van der Waals surface area contributed by atoms with Crippen LogP contribution in [0.1, 0.15) is 95.4 Å². The standard InChI is InChI=1S/C20H24N2O4.C11H19NO4.C10H17NO5.C9H6BrN.C9H7NO/c1-13(23)17-9-15(12-22(17)19(24)26-20(2,3)4)25-18-11-21-10-14-7-5-6-8-16(14)18;1-7(13)9-5-8(14)6-12(9)10(15)16-11(2,3)4;1-10(2,3)16-9(15)11-5-6(12)4-7(11)8(13)14;10-9-6-11-5-7-3-1-2-4-8(7)9;11-9-6-10-5-7-3-1-2-4-8(7)9/h5-8,10-11,15,17H,9,12H2,1-4H3;8-9,14H,5-6H2,1-4H3;6-7,12H,4-5H2,1-3H3,(H,13,14);1-6H;1-6,11H/t15?,17-;8-,9-;6-,7+;;/m001../s1. The van der Waals surface area contributed by atoms with E-state index in [-0.39, 0.29) is 42.9 Å². The molecule has 3 aliphatic rings. The number of carboxylic acids is 1. The Hall–Kier alpha value is -7.49. The average Bonchev–Trinajstić information content (AvgIpc) is 4.12. The summed E-state index contributed by atoms with van der Waals surface area (Å²) in [5.74, 6) is -0.424. The number of ketones is 2. The summed E-state index contributed by atoms with van der Waals surface area (Å²) in [6, 6.07) is 21.5. The fraction of sp³-hybridized carbons (Fsp3) is 0.441. The van der Waals surface area contributed by atoms with E-state index in [2.05, 4.69) is 36.9 Å². The molecule has 6 aromatic rings. The summed E-state index contributed by atoms with van der Waals surface area (Å²) >= 11 is 3.43. The predicted octanol–water partition coefficient (Wildman–Crippen LogP) is 9.91. The van der Waals surface area contributed by atoms with Gasteiger partial charge in [-0.2, -0.15) is 0 Å². The quantitative estimate of drug-likeness (QED) is 0.117. The number of carbonyl (C=O) groups is 6. The van der Waals surface area contributed by atoms with Crippen molar-refractivity contribution in [2.45, 2.75) is 149 Å². The number of carboxylic acid groups (broad SMARTS) is 1. The van der Waals surface area contributed by atoms with E-state index in [1.165, 1.54) is 40.6 Å². The van der Waals surface area contributed by atoms with Crippen molar-refractivity contribution in [3.8, 4) is 11.5 Å². The molecule has 3 saturated heterocycles. The van der Waals surface area contributed by atoms with Gasteiger partial charge in [0.15, 0.2) is 11.6 Å². The second kappa shape index (κ2) is 27.6. The van der Waals surface area contributed by atoms with Crippen LogP contribution in [-0.2, 0) is 28.6 Å². The number of benzene rings is 3. The van der Waals surface area contributed by atoms with Crippen LogP contribution in [-0.4, -0.2) is 159 Å². The van der Waals surface area contributed by atoms with Gasteiger partial charge >= 0.3 is 24.2 Å². The Labute approximate surface area is 474 Å². The fourth-order valence-corrected chi connectivity index (χ4v) is 9.10. The molecule has 0 radical (unpaired) electrons. The van der Waals surface area contributed by atoms with Crippen LogP contribution in [0, 0.1) is 0 Å². The molecule has 6 atom stereocenters. The van der Waals surface area contributed by atoms with E-state index < -0.39 is 71.4 Å². The van der Waals surface area contributed by atoms with Crippen molar-refractivity contribution < 1.29 is 68.1 Å². The Bertz CT molecular complexity index is 2970. The van der Waals surface area contributed by atoms with Gasteiger partial charge in [-0.15, -0.1) is 0 Å². The number of rotatable bonds is 5. The maximum Gasteiger partial charge on any atom is 0.411 e. The van der Waals surface area contributed by atoms with Gasteiger partial charge in [0.2, 0.25) is 0 Å². The van der Waals surface area contributed by atoms with E-state index in [0.717, 1.165) is 30.9 Å². The van der Waals surface area contributed by atoms with E-state index in [9.17, 15) is 44.1 Å². The minimum atomic E-state index is -1.12. The SMILES string of the molecule is Brc1cncc2ccccc12.CC(=O)[C@@H]1CC(Oc2cncc3ccccc23)CN1C(=O)OC(C)(C)C.CC(=O)[C@@H]1C[C@H](O)CN1C(=O)OC(C)(C)C.CC(C)(C)OC(=O)N1C[C@H](O)C[C@H]1C(=O)O.Oc1cncc2ccccc12. The molecule has 6 heterocycles. The number of aliphatic hydroxyl groups is 2. The van der Waals surface area contributed by atoms with E-state index in [0.29, 0.717) is 25.1 Å². The average molecular weight is 1170 g/mol. The Morgan fingerprint density at radius 1 is 0.512 bits per heavy atom. The van der Waals surface area contributed by atoms with E-state index in [1.807, 2.05) is 79.1 Å². The smallest absolute Gasteiger partial charge is 0.411 e. The van der Waals surface area contributed by atoms with Crippen molar-refractivity contribution in [2.24, 2.45) is 0 Å². The molecule has 0 spiro atoms. The number of likely N-dealkylation sites (tertiary alicyclic amines) is 3. The van der Waals surface area contributed by atoms with Crippen LogP contribution < -0.4 is 4.74 Å². The van der Waals surface area contributed by atoms with Gasteiger partial charge in [0.1, 0.15) is 40.4 Å². The summed E-state index contributed by atoms with van der Waals surface area (Å²) in [4.78, 5) is 86.0. The Balaban J connectivity index is 0.000000191. The lowest BCUT2D eigenvalue weighted by Gasteiger charge is -2.27. The van der Waals surface area contributed by atoms with Crippen molar-refractivity contribution in [1.29, 1.82) is 0 Å². The van der Waals surface area contributed by atoms with Gasteiger partial charge in [0.05, 0.1) is 56.3 Å². The summed E-state index contributed by atoms with van der Waals surface area (Å²) < 4.78 is 22.8. The fourth-order valence-electron chi connectivity index (χ4n) is 8.62. The van der Waals surface area contributed by atoms with Gasteiger partial charge in [-0.3, -0.25) is 39.2 Å². The molecule has 0 aliphatic carbocycles. The molecule has 3 fully saturated rings. The number of carbonyl (C=O) groups excluding carboxylic acids is 5.